The molecule has 0 spiro atoms. The number of rotatable bonds is 5. The van der Waals surface area contributed by atoms with Crippen LogP contribution in [-0.2, 0) is 13.1 Å². The zero-order valence-electron chi connectivity index (χ0n) is 17.3. The minimum atomic E-state index is -4.73. The van der Waals surface area contributed by atoms with Crippen molar-refractivity contribution < 1.29 is 17.9 Å². The molecule has 0 aliphatic heterocycles. The van der Waals surface area contributed by atoms with E-state index in [2.05, 4.69) is 25.2 Å². The molecule has 11 heteroatoms. The monoisotopic (exact) mass is 454 g/mol. The number of nitrogens with one attached hydrogen (secondary N) is 1. The molecule has 3 aromatic heterocycles. The third-order valence-electron chi connectivity index (χ3n) is 5.28. The molecule has 0 radical (unpaired) electrons. The van der Waals surface area contributed by atoms with Gasteiger partial charge in [-0.3, -0.25) is 4.79 Å². The molecule has 0 saturated heterocycles. The van der Waals surface area contributed by atoms with E-state index in [0.29, 0.717) is 24.3 Å². The Kier molecular flexibility index (Phi) is 4.88. The minimum absolute atomic E-state index is 0.285. The van der Waals surface area contributed by atoms with Crippen LogP contribution < -0.4 is 10.3 Å². The molecule has 0 aliphatic rings. The topological polar surface area (TPSA) is 90.6 Å². The van der Waals surface area contributed by atoms with Crippen molar-refractivity contribution in [1.29, 1.82) is 0 Å². The number of alkyl halides is 3. The van der Waals surface area contributed by atoms with Crippen molar-refractivity contribution in [3.63, 3.8) is 0 Å². The lowest BCUT2D eigenvalue weighted by Crippen LogP contribution is -2.17. The Morgan fingerprint density at radius 2 is 1.82 bits per heavy atom. The quantitative estimate of drug-likeness (QED) is 0.437. The Morgan fingerprint density at radius 3 is 2.58 bits per heavy atom. The number of nitrogens with zero attached hydrogens (tertiary/aromatic N) is 5. The third kappa shape index (κ3) is 4.04. The molecule has 0 atom stereocenters. The van der Waals surface area contributed by atoms with Crippen molar-refractivity contribution in [3.8, 4) is 5.75 Å². The van der Waals surface area contributed by atoms with Gasteiger partial charge in [-0.1, -0.05) is 35.5 Å². The molecule has 0 bridgehead atoms. The Balaban J connectivity index is 1.43. The van der Waals surface area contributed by atoms with E-state index in [4.69, 9.17) is 0 Å². The highest BCUT2D eigenvalue weighted by molar-refractivity contribution is 6.08. The fourth-order valence-corrected chi connectivity index (χ4v) is 3.95. The molecule has 5 rings (SSSR count). The third-order valence-corrected chi connectivity index (χ3v) is 5.28. The van der Waals surface area contributed by atoms with E-state index in [1.54, 1.807) is 10.9 Å². The molecule has 0 unspecified atom stereocenters. The predicted molar refractivity (Wildman–Crippen MR) is 114 cm³/mol. The summed E-state index contributed by atoms with van der Waals surface area (Å²) in [5, 5.41) is 16.7. The van der Waals surface area contributed by atoms with Gasteiger partial charge in [-0.15, -0.1) is 18.3 Å². The first kappa shape index (κ1) is 20.7. The summed E-state index contributed by atoms with van der Waals surface area (Å²) >= 11 is 0. The van der Waals surface area contributed by atoms with Crippen LogP contribution in [0.5, 0.6) is 5.75 Å². The second kappa shape index (κ2) is 7.76. The number of H-pyrrole nitrogens is 1. The fraction of sp³-hybridized carbons (Fsp3) is 0.182. The predicted octanol–water partition coefficient (Wildman–Crippen LogP) is 3.77. The highest BCUT2D eigenvalue weighted by Crippen LogP contribution is 2.29. The van der Waals surface area contributed by atoms with E-state index in [9.17, 15) is 18.0 Å². The molecule has 2 aromatic carbocycles. The van der Waals surface area contributed by atoms with E-state index in [0.717, 1.165) is 27.5 Å². The smallest absolute Gasteiger partial charge is 0.406 e. The van der Waals surface area contributed by atoms with E-state index in [-0.39, 0.29) is 11.3 Å². The van der Waals surface area contributed by atoms with Gasteiger partial charge >= 0.3 is 6.36 Å². The molecule has 0 fully saturated rings. The number of aryl methyl sites for hydroxylation is 1. The van der Waals surface area contributed by atoms with Crippen LogP contribution in [0.2, 0.25) is 0 Å². The number of fused-ring (bicyclic) bond motifs is 3. The Bertz CT molecular complexity index is 1520. The average molecular weight is 454 g/mol. The first-order chi connectivity index (χ1) is 15.8. The number of hydrogen-bond acceptors (Lipinski definition) is 5. The number of hydrogen-bond donors (Lipinski definition) is 1. The summed E-state index contributed by atoms with van der Waals surface area (Å²) in [7, 11) is 0. The number of para-hydroxylation sites is 1. The van der Waals surface area contributed by atoms with Crippen LogP contribution in [0.25, 0.3) is 21.8 Å². The van der Waals surface area contributed by atoms with Gasteiger partial charge in [0.25, 0.3) is 5.56 Å². The second-order valence-electron chi connectivity index (χ2n) is 7.56. The van der Waals surface area contributed by atoms with Crippen molar-refractivity contribution in [3.05, 3.63) is 82.0 Å². The molecule has 168 valence electrons. The number of aromatic nitrogens is 6. The molecule has 0 saturated carbocycles. The molecule has 8 nitrogen and oxygen atoms in total. The lowest BCUT2D eigenvalue weighted by Gasteiger charge is -2.09. The molecular formula is C22H17F3N6O2. The van der Waals surface area contributed by atoms with Gasteiger partial charge in [0.2, 0.25) is 0 Å². The summed E-state index contributed by atoms with van der Waals surface area (Å²) in [4.78, 5) is 12.6. The van der Waals surface area contributed by atoms with Crippen LogP contribution in [0.15, 0.2) is 59.5 Å². The average Bonchev–Trinajstić information content (AvgIpc) is 3.35. The summed E-state index contributed by atoms with van der Waals surface area (Å²) in [6, 6.07) is 13.3. The number of ether oxygens (including phenoxy) is 1. The van der Waals surface area contributed by atoms with Crippen molar-refractivity contribution in [2.24, 2.45) is 0 Å². The molecule has 1 N–H and O–H groups in total. The van der Waals surface area contributed by atoms with Gasteiger partial charge < -0.3 is 9.30 Å². The maximum Gasteiger partial charge on any atom is 0.573 e. The summed E-state index contributed by atoms with van der Waals surface area (Å²) in [5.74, 6) is -0.285. The molecule has 3 heterocycles. The van der Waals surface area contributed by atoms with Crippen LogP contribution in [0.1, 0.15) is 17.0 Å². The lowest BCUT2D eigenvalue weighted by molar-refractivity contribution is -0.274. The minimum Gasteiger partial charge on any atom is -0.406 e. The van der Waals surface area contributed by atoms with Crippen LogP contribution in [0.4, 0.5) is 13.2 Å². The van der Waals surface area contributed by atoms with Gasteiger partial charge in [-0.2, -0.15) is 5.10 Å². The Hall–Kier alpha value is -4.15. The van der Waals surface area contributed by atoms with Crippen LogP contribution in [0.3, 0.4) is 0 Å². The highest BCUT2D eigenvalue weighted by atomic mass is 19.4. The summed E-state index contributed by atoms with van der Waals surface area (Å²) < 4.78 is 44.3. The van der Waals surface area contributed by atoms with Crippen LogP contribution in [-0.4, -0.2) is 36.1 Å². The normalized spacial score (nSPS) is 12.0. The van der Waals surface area contributed by atoms with Gasteiger partial charge in [0.05, 0.1) is 25.0 Å². The maximum atomic E-state index is 12.6. The van der Waals surface area contributed by atoms with Gasteiger partial charge in [-0.25, -0.2) is 9.78 Å². The summed E-state index contributed by atoms with van der Waals surface area (Å²) in [5.41, 5.74) is 3.18. The van der Waals surface area contributed by atoms with Crippen molar-refractivity contribution in [1.82, 2.24) is 29.8 Å². The second-order valence-corrected chi connectivity index (χ2v) is 7.56. The highest BCUT2D eigenvalue weighted by Gasteiger charge is 2.31. The van der Waals surface area contributed by atoms with Crippen LogP contribution >= 0.6 is 0 Å². The lowest BCUT2D eigenvalue weighted by atomic mass is 10.1. The van der Waals surface area contributed by atoms with E-state index in [1.807, 2.05) is 35.8 Å². The zero-order valence-corrected chi connectivity index (χ0v) is 17.3. The van der Waals surface area contributed by atoms with E-state index in [1.165, 1.54) is 24.3 Å². The molecule has 0 amide bonds. The summed E-state index contributed by atoms with van der Waals surface area (Å²) in [6.45, 7) is 2.47. The standard InChI is InChI=1S/C22H17F3N6O2/c1-13-19-17-4-2-3-5-18(17)31(20(19)21(32)28-26-13)12-15-11-30(29-27-15)10-14-6-8-16(9-7-14)33-22(23,24)25/h2-9,11H,10,12H2,1H3,(H,28,32). The largest absolute Gasteiger partial charge is 0.573 e. The molecule has 5 aromatic rings. The van der Waals surface area contributed by atoms with Crippen LogP contribution in [0, 0.1) is 6.92 Å². The molecule has 0 aliphatic carbocycles. The first-order valence-corrected chi connectivity index (χ1v) is 9.98. The zero-order chi connectivity index (χ0) is 23.2. The van der Waals surface area contributed by atoms with Gasteiger partial charge in [0.1, 0.15) is 17.0 Å². The first-order valence-electron chi connectivity index (χ1n) is 9.98. The SMILES string of the molecule is Cc1n[nH]c(=O)c2c1c1ccccc1n2Cc1cn(Cc2ccc(OC(F)(F)F)cc2)nn1. The van der Waals surface area contributed by atoms with Crippen molar-refractivity contribution in [2.45, 2.75) is 26.4 Å². The molecular weight excluding hydrogens is 437 g/mol. The maximum absolute atomic E-state index is 12.6. The van der Waals surface area contributed by atoms with E-state index >= 15 is 0 Å². The molecule has 33 heavy (non-hydrogen) atoms. The summed E-state index contributed by atoms with van der Waals surface area (Å²) in [6.07, 6.45) is -2.99. The number of benzene rings is 2. The van der Waals surface area contributed by atoms with Gasteiger partial charge in [0.15, 0.2) is 0 Å². The van der Waals surface area contributed by atoms with E-state index < -0.39 is 6.36 Å². The Morgan fingerprint density at radius 1 is 1.06 bits per heavy atom. The number of aromatic amines is 1. The van der Waals surface area contributed by atoms with Gasteiger partial charge in [0, 0.05) is 16.3 Å². The fourth-order valence-electron chi connectivity index (χ4n) is 3.95. The van der Waals surface area contributed by atoms with Gasteiger partial charge in [-0.05, 0) is 30.7 Å². The van der Waals surface area contributed by atoms with Crippen molar-refractivity contribution >= 4 is 21.8 Å². The van der Waals surface area contributed by atoms with Crippen molar-refractivity contribution in [2.75, 3.05) is 0 Å². The number of halogens is 3. The Labute approximate surface area is 184 Å².